The third-order valence-electron chi connectivity index (χ3n) is 2.31. The summed E-state index contributed by atoms with van der Waals surface area (Å²) in [6.45, 7) is 0. The minimum atomic E-state index is -0.594. The lowest BCUT2D eigenvalue weighted by Crippen LogP contribution is -2.14. The van der Waals surface area contributed by atoms with Gasteiger partial charge in [0.1, 0.15) is 11.4 Å². The molecular weight excluding hydrogens is 314 g/mol. The van der Waals surface area contributed by atoms with E-state index in [0.717, 1.165) is 4.47 Å². The molecule has 0 radical (unpaired) electrons. The number of nitro groups is 1. The fraction of sp³-hybridized carbons (Fsp3) is 0. The summed E-state index contributed by atoms with van der Waals surface area (Å²) in [5.74, 6) is -0.254. The number of pyridine rings is 1. The van der Waals surface area contributed by atoms with Gasteiger partial charge in [-0.05, 0) is 18.2 Å². The number of aromatic nitrogens is 1. The number of hydrogen-bond acceptors (Lipinski definition) is 4. The average Bonchev–Trinajstić information content (AvgIpc) is 2.38. The summed E-state index contributed by atoms with van der Waals surface area (Å²) < 4.78 is 0.750. The lowest BCUT2D eigenvalue weighted by molar-refractivity contribution is -0.385. The molecule has 2 aromatic rings. The monoisotopic (exact) mass is 321 g/mol. The van der Waals surface area contributed by atoms with Crippen molar-refractivity contribution in [1.29, 1.82) is 0 Å². The number of amides is 1. The summed E-state index contributed by atoms with van der Waals surface area (Å²) in [6, 6.07) is 9.06. The molecule has 0 saturated heterocycles. The van der Waals surface area contributed by atoms with Crippen molar-refractivity contribution in [3.63, 3.8) is 0 Å². The Morgan fingerprint density at radius 2 is 2.05 bits per heavy atom. The van der Waals surface area contributed by atoms with Crippen LogP contribution in [-0.4, -0.2) is 15.8 Å². The van der Waals surface area contributed by atoms with E-state index in [-0.39, 0.29) is 11.3 Å². The summed E-state index contributed by atoms with van der Waals surface area (Å²) in [7, 11) is 0. The fourth-order valence-corrected chi connectivity index (χ4v) is 1.82. The third kappa shape index (κ3) is 3.14. The van der Waals surface area contributed by atoms with Crippen LogP contribution >= 0.6 is 15.9 Å². The molecule has 7 heteroatoms. The highest BCUT2D eigenvalue weighted by Gasteiger charge is 2.19. The maximum atomic E-state index is 12.0. The zero-order valence-corrected chi connectivity index (χ0v) is 11.1. The highest BCUT2D eigenvalue weighted by Crippen LogP contribution is 2.19. The number of rotatable bonds is 3. The lowest BCUT2D eigenvalue weighted by atomic mass is 10.1. The van der Waals surface area contributed by atoms with Crippen molar-refractivity contribution in [2.24, 2.45) is 0 Å². The molecule has 0 bridgehead atoms. The van der Waals surface area contributed by atoms with Crippen LogP contribution in [-0.2, 0) is 0 Å². The number of para-hydroxylation sites is 1. The molecule has 0 aliphatic carbocycles. The molecular formula is C12H8BrN3O3. The second-order valence-electron chi connectivity index (χ2n) is 3.59. The van der Waals surface area contributed by atoms with Crippen LogP contribution in [0, 0.1) is 10.1 Å². The number of nitrogens with zero attached hydrogens (tertiary/aromatic N) is 2. The maximum absolute atomic E-state index is 12.0. The van der Waals surface area contributed by atoms with Crippen LogP contribution in [0.5, 0.6) is 0 Å². The van der Waals surface area contributed by atoms with Crippen LogP contribution < -0.4 is 5.32 Å². The normalized spacial score (nSPS) is 9.95. The van der Waals surface area contributed by atoms with Gasteiger partial charge in [0.15, 0.2) is 0 Å². The number of nitro benzene ring substituents is 1. The molecule has 0 unspecified atom stereocenters. The molecule has 19 heavy (non-hydrogen) atoms. The number of carbonyl (C=O) groups is 1. The fourth-order valence-electron chi connectivity index (χ4n) is 1.48. The Labute approximate surface area is 116 Å². The van der Waals surface area contributed by atoms with Crippen LogP contribution in [0.25, 0.3) is 0 Å². The van der Waals surface area contributed by atoms with Crippen molar-refractivity contribution in [1.82, 2.24) is 4.98 Å². The molecule has 1 aromatic carbocycles. The Hall–Kier alpha value is -2.28. The van der Waals surface area contributed by atoms with E-state index in [1.54, 1.807) is 18.2 Å². The molecule has 0 spiro atoms. The first-order valence-electron chi connectivity index (χ1n) is 5.24. The summed E-state index contributed by atoms with van der Waals surface area (Å²) in [4.78, 5) is 26.2. The van der Waals surface area contributed by atoms with Crippen LogP contribution in [0.2, 0.25) is 0 Å². The molecule has 0 aliphatic rings. The SMILES string of the molecule is O=C(Nc1cc(Br)ccn1)c1ccccc1[N+](=O)[O-]. The molecule has 1 N–H and O–H groups in total. The van der Waals surface area contributed by atoms with Gasteiger partial charge in [-0.1, -0.05) is 28.1 Å². The predicted octanol–water partition coefficient (Wildman–Crippen LogP) is 3.00. The minimum absolute atomic E-state index is 0.00530. The molecule has 0 fully saturated rings. The summed E-state index contributed by atoms with van der Waals surface area (Å²) in [6.07, 6.45) is 1.51. The summed E-state index contributed by atoms with van der Waals surface area (Å²) >= 11 is 3.25. The van der Waals surface area contributed by atoms with Crippen molar-refractivity contribution in [3.05, 3.63) is 62.7 Å². The van der Waals surface area contributed by atoms with Gasteiger partial charge in [0, 0.05) is 16.7 Å². The first-order valence-corrected chi connectivity index (χ1v) is 6.03. The Morgan fingerprint density at radius 3 is 2.74 bits per heavy atom. The van der Waals surface area contributed by atoms with E-state index in [0.29, 0.717) is 5.82 Å². The molecule has 0 atom stereocenters. The van der Waals surface area contributed by atoms with Crippen LogP contribution in [0.15, 0.2) is 47.1 Å². The molecule has 6 nitrogen and oxygen atoms in total. The van der Waals surface area contributed by atoms with Crippen molar-refractivity contribution in [2.45, 2.75) is 0 Å². The smallest absolute Gasteiger partial charge is 0.282 e. The standard InChI is InChI=1S/C12H8BrN3O3/c13-8-5-6-14-11(7-8)15-12(17)9-3-1-2-4-10(9)16(18)19/h1-7H,(H,14,15,17). The number of carbonyl (C=O) groups excluding carboxylic acids is 1. The zero-order chi connectivity index (χ0) is 13.8. The number of halogens is 1. The van der Waals surface area contributed by atoms with Gasteiger partial charge in [0.05, 0.1) is 4.92 Å². The van der Waals surface area contributed by atoms with E-state index >= 15 is 0 Å². The van der Waals surface area contributed by atoms with E-state index in [2.05, 4.69) is 26.2 Å². The van der Waals surface area contributed by atoms with Gasteiger partial charge < -0.3 is 5.32 Å². The molecule has 0 aliphatic heterocycles. The van der Waals surface area contributed by atoms with E-state index in [1.165, 1.54) is 24.4 Å². The number of hydrogen-bond donors (Lipinski definition) is 1. The highest BCUT2D eigenvalue weighted by atomic mass is 79.9. The summed E-state index contributed by atoms with van der Waals surface area (Å²) in [5, 5.41) is 13.3. The van der Waals surface area contributed by atoms with E-state index < -0.39 is 10.8 Å². The molecule has 1 aromatic heterocycles. The second kappa shape index (κ2) is 5.57. The highest BCUT2D eigenvalue weighted by molar-refractivity contribution is 9.10. The van der Waals surface area contributed by atoms with Crippen LogP contribution in [0.3, 0.4) is 0 Å². The van der Waals surface area contributed by atoms with Gasteiger partial charge in [-0.15, -0.1) is 0 Å². The van der Waals surface area contributed by atoms with Crippen molar-refractivity contribution in [3.8, 4) is 0 Å². The van der Waals surface area contributed by atoms with Crippen LogP contribution in [0.1, 0.15) is 10.4 Å². The maximum Gasteiger partial charge on any atom is 0.282 e. The lowest BCUT2D eigenvalue weighted by Gasteiger charge is -2.05. The van der Waals surface area contributed by atoms with E-state index in [1.807, 2.05) is 0 Å². The molecule has 96 valence electrons. The Morgan fingerprint density at radius 1 is 1.32 bits per heavy atom. The average molecular weight is 322 g/mol. The Kier molecular flexibility index (Phi) is 3.86. The Bertz CT molecular complexity index is 646. The van der Waals surface area contributed by atoms with Gasteiger partial charge in [0.25, 0.3) is 11.6 Å². The first kappa shape index (κ1) is 13.2. The van der Waals surface area contributed by atoms with Gasteiger partial charge in [-0.3, -0.25) is 14.9 Å². The molecule has 2 rings (SSSR count). The van der Waals surface area contributed by atoms with Crippen LogP contribution in [0.4, 0.5) is 11.5 Å². The zero-order valence-electron chi connectivity index (χ0n) is 9.54. The number of anilines is 1. The number of nitrogens with one attached hydrogen (secondary N) is 1. The van der Waals surface area contributed by atoms with Crippen molar-refractivity contribution in [2.75, 3.05) is 5.32 Å². The number of benzene rings is 1. The first-order chi connectivity index (χ1) is 9.08. The van der Waals surface area contributed by atoms with Crippen molar-refractivity contribution < 1.29 is 9.72 Å². The largest absolute Gasteiger partial charge is 0.306 e. The van der Waals surface area contributed by atoms with Crippen molar-refractivity contribution >= 4 is 33.3 Å². The quantitative estimate of drug-likeness (QED) is 0.695. The van der Waals surface area contributed by atoms with E-state index in [9.17, 15) is 14.9 Å². The third-order valence-corrected chi connectivity index (χ3v) is 2.80. The van der Waals surface area contributed by atoms with Gasteiger partial charge in [-0.2, -0.15) is 0 Å². The topological polar surface area (TPSA) is 85.1 Å². The van der Waals surface area contributed by atoms with Gasteiger partial charge >= 0.3 is 0 Å². The van der Waals surface area contributed by atoms with Gasteiger partial charge in [-0.25, -0.2) is 4.98 Å². The predicted molar refractivity (Wildman–Crippen MR) is 73.0 cm³/mol. The summed E-state index contributed by atoms with van der Waals surface area (Å²) in [5.41, 5.74) is -0.246. The molecule has 0 saturated carbocycles. The molecule has 1 heterocycles. The Balaban J connectivity index is 2.28. The van der Waals surface area contributed by atoms with Gasteiger partial charge in [0.2, 0.25) is 0 Å². The minimum Gasteiger partial charge on any atom is -0.306 e. The van der Waals surface area contributed by atoms with E-state index in [4.69, 9.17) is 0 Å². The molecule has 1 amide bonds. The second-order valence-corrected chi connectivity index (χ2v) is 4.50.